The quantitative estimate of drug-likeness (QED) is 0.759. The van der Waals surface area contributed by atoms with Gasteiger partial charge < -0.3 is 9.88 Å². The van der Waals surface area contributed by atoms with Crippen molar-refractivity contribution in [3.63, 3.8) is 0 Å². The van der Waals surface area contributed by atoms with Gasteiger partial charge in [-0.25, -0.2) is 13.8 Å². The summed E-state index contributed by atoms with van der Waals surface area (Å²) in [6.07, 6.45) is 0.825. The molecule has 1 amide bonds. The van der Waals surface area contributed by atoms with Crippen molar-refractivity contribution in [3.8, 4) is 0 Å². The highest BCUT2D eigenvalue weighted by molar-refractivity contribution is 5.94. The average molecular weight is 381 g/mol. The van der Waals surface area contributed by atoms with Crippen molar-refractivity contribution in [1.29, 1.82) is 0 Å². The first-order chi connectivity index (χ1) is 13.5. The molecule has 5 nitrogen and oxygen atoms in total. The van der Waals surface area contributed by atoms with E-state index < -0.39 is 5.82 Å². The van der Waals surface area contributed by atoms with Gasteiger partial charge in [-0.05, 0) is 35.9 Å². The SMILES string of the molecule is O=C(c1cccc(F)c1)N1CCc2nc(Cc3ccc(F)cc3)[nH]c(=O)c2C1. The summed E-state index contributed by atoms with van der Waals surface area (Å²) in [5, 5.41) is 0. The van der Waals surface area contributed by atoms with Crippen LogP contribution in [-0.4, -0.2) is 27.3 Å². The van der Waals surface area contributed by atoms with Gasteiger partial charge in [0.15, 0.2) is 0 Å². The summed E-state index contributed by atoms with van der Waals surface area (Å²) in [6.45, 7) is 0.526. The van der Waals surface area contributed by atoms with E-state index in [1.54, 1.807) is 18.2 Å². The normalized spacial score (nSPS) is 13.3. The fourth-order valence-electron chi connectivity index (χ4n) is 3.33. The monoisotopic (exact) mass is 381 g/mol. The number of fused-ring (bicyclic) bond motifs is 1. The summed E-state index contributed by atoms with van der Waals surface area (Å²) in [6, 6.07) is 11.5. The highest BCUT2D eigenvalue weighted by atomic mass is 19.1. The molecule has 0 bridgehead atoms. The Kier molecular flexibility index (Phi) is 4.73. The van der Waals surface area contributed by atoms with Gasteiger partial charge in [0.2, 0.25) is 0 Å². The Bertz CT molecular complexity index is 1090. The number of nitrogens with one attached hydrogen (secondary N) is 1. The van der Waals surface area contributed by atoms with Gasteiger partial charge in [-0.3, -0.25) is 9.59 Å². The van der Waals surface area contributed by atoms with Crippen LogP contribution in [0.3, 0.4) is 0 Å². The lowest BCUT2D eigenvalue weighted by Crippen LogP contribution is -2.39. The molecule has 1 N–H and O–H groups in total. The van der Waals surface area contributed by atoms with Crippen LogP contribution in [-0.2, 0) is 19.4 Å². The van der Waals surface area contributed by atoms with E-state index in [1.165, 1.54) is 35.2 Å². The number of carbonyl (C=O) groups excluding carboxylic acids is 1. The van der Waals surface area contributed by atoms with Crippen LogP contribution in [0.5, 0.6) is 0 Å². The van der Waals surface area contributed by atoms with Crippen molar-refractivity contribution < 1.29 is 13.6 Å². The molecule has 2 aromatic carbocycles. The fourth-order valence-corrected chi connectivity index (χ4v) is 3.33. The van der Waals surface area contributed by atoms with E-state index in [2.05, 4.69) is 9.97 Å². The van der Waals surface area contributed by atoms with Crippen LogP contribution in [0.2, 0.25) is 0 Å². The maximum absolute atomic E-state index is 13.4. The molecule has 0 saturated carbocycles. The largest absolute Gasteiger partial charge is 0.334 e. The molecule has 0 fully saturated rings. The number of nitrogens with zero attached hydrogens (tertiary/aromatic N) is 2. The molecule has 0 saturated heterocycles. The molecule has 1 aliphatic heterocycles. The van der Waals surface area contributed by atoms with Gasteiger partial charge in [-0.15, -0.1) is 0 Å². The number of rotatable bonds is 3. The zero-order valence-electron chi connectivity index (χ0n) is 14.9. The Balaban J connectivity index is 1.55. The molecule has 0 radical (unpaired) electrons. The van der Waals surface area contributed by atoms with Crippen LogP contribution < -0.4 is 5.56 Å². The number of hydrogen-bond donors (Lipinski definition) is 1. The number of aromatic amines is 1. The number of H-pyrrole nitrogens is 1. The van der Waals surface area contributed by atoms with E-state index in [4.69, 9.17) is 0 Å². The van der Waals surface area contributed by atoms with E-state index in [0.29, 0.717) is 36.5 Å². The van der Waals surface area contributed by atoms with E-state index in [0.717, 1.165) is 5.56 Å². The molecule has 142 valence electrons. The Labute approximate surface area is 159 Å². The first kappa shape index (κ1) is 18.0. The van der Waals surface area contributed by atoms with Crippen LogP contribution in [0.1, 0.15) is 33.0 Å². The van der Waals surface area contributed by atoms with Gasteiger partial charge in [0.1, 0.15) is 17.5 Å². The number of benzene rings is 2. The number of aromatic nitrogens is 2. The van der Waals surface area contributed by atoms with Crippen molar-refractivity contribution in [2.75, 3.05) is 6.54 Å². The first-order valence-corrected chi connectivity index (χ1v) is 8.90. The Hall–Kier alpha value is -3.35. The smallest absolute Gasteiger partial charge is 0.256 e. The second-order valence-corrected chi connectivity index (χ2v) is 6.73. The zero-order valence-corrected chi connectivity index (χ0v) is 14.9. The summed E-state index contributed by atoms with van der Waals surface area (Å²) in [4.78, 5) is 33.9. The summed E-state index contributed by atoms with van der Waals surface area (Å²) in [5.74, 6) is -0.618. The lowest BCUT2D eigenvalue weighted by Gasteiger charge is -2.28. The van der Waals surface area contributed by atoms with Gasteiger partial charge in [0, 0.05) is 24.9 Å². The van der Waals surface area contributed by atoms with Crippen LogP contribution in [0.4, 0.5) is 8.78 Å². The van der Waals surface area contributed by atoms with Crippen LogP contribution in [0.15, 0.2) is 53.3 Å². The van der Waals surface area contributed by atoms with Crippen LogP contribution in [0, 0.1) is 11.6 Å². The standard InChI is InChI=1S/C21H17F2N3O2/c22-15-6-4-13(5-7-15)10-19-24-18-8-9-26(12-17(18)20(27)25-19)21(28)14-2-1-3-16(23)11-14/h1-7,11H,8-10,12H2,(H,24,25,27). The lowest BCUT2D eigenvalue weighted by molar-refractivity contribution is 0.0732. The summed E-state index contributed by atoms with van der Waals surface area (Å²) in [7, 11) is 0. The van der Waals surface area contributed by atoms with Gasteiger partial charge in [0.25, 0.3) is 11.5 Å². The van der Waals surface area contributed by atoms with E-state index in [1.807, 2.05) is 0 Å². The summed E-state index contributed by atoms with van der Waals surface area (Å²) in [5.41, 5.74) is 1.89. The van der Waals surface area contributed by atoms with Crippen LogP contribution >= 0.6 is 0 Å². The number of halogens is 2. The molecule has 0 aliphatic carbocycles. The number of carbonyl (C=O) groups is 1. The number of hydrogen-bond acceptors (Lipinski definition) is 3. The molecule has 7 heteroatoms. The van der Waals surface area contributed by atoms with Crippen molar-refractivity contribution in [2.24, 2.45) is 0 Å². The molecule has 4 rings (SSSR count). The highest BCUT2D eigenvalue weighted by Gasteiger charge is 2.25. The van der Waals surface area contributed by atoms with E-state index in [-0.39, 0.29) is 29.4 Å². The Morgan fingerprint density at radius 1 is 1.11 bits per heavy atom. The molecule has 2 heterocycles. The number of amides is 1. The lowest BCUT2D eigenvalue weighted by atomic mass is 10.0. The highest BCUT2D eigenvalue weighted by Crippen LogP contribution is 2.18. The maximum Gasteiger partial charge on any atom is 0.256 e. The predicted molar refractivity (Wildman–Crippen MR) is 98.9 cm³/mol. The first-order valence-electron chi connectivity index (χ1n) is 8.90. The second kappa shape index (κ2) is 7.34. The van der Waals surface area contributed by atoms with Gasteiger partial charge in [-0.2, -0.15) is 0 Å². The summed E-state index contributed by atoms with van der Waals surface area (Å²) >= 11 is 0. The second-order valence-electron chi connectivity index (χ2n) is 6.73. The Morgan fingerprint density at radius 2 is 1.89 bits per heavy atom. The molecule has 0 unspecified atom stereocenters. The van der Waals surface area contributed by atoms with Crippen molar-refractivity contribution in [3.05, 3.63) is 98.7 Å². The topological polar surface area (TPSA) is 66.1 Å². The van der Waals surface area contributed by atoms with E-state index >= 15 is 0 Å². The van der Waals surface area contributed by atoms with Crippen LogP contribution in [0.25, 0.3) is 0 Å². The fraction of sp³-hybridized carbons (Fsp3) is 0.190. The molecule has 1 aliphatic rings. The zero-order chi connectivity index (χ0) is 19.7. The molecule has 3 aromatic rings. The van der Waals surface area contributed by atoms with Gasteiger partial charge in [0.05, 0.1) is 17.8 Å². The molecule has 0 spiro atoms. The third kappa shape index (κ3) is 3.69. The van der Waals surface area contributed by atoms with Gasteiger partial charge >= 0.3 is 0 Å². The van der Waals surface area contributed by atoms with E-state index in [9.17, 15) is 18.4 Å². The third-order valence-electron chi connectivity index (χ3n) is 4.76. The minimum absolute atomic E-state index is 0.129. The summed E-state index contributed by atoms with van der Waals surface area (Å²) < 4.78 is 26.4. The maximum atomic E-state index is 13.4. The molecule has 28 heavy (non-hydrogen) atoms. The Morgan fingerprint density at radius 3 is 2.64 bits per heavy atom. The van der Waals surface area contributed by atoms with Crippen molar-refractivity contribution in [1.82, 2.24) is 14.9 Å². The minimum Gasteiger partial charge on any atom is -0.334 e. The molecule has 1 aromatic heterocycles. The predicted octanol–water partition coefficient (Wildman–Crippen LogP) is 2.84. The van der Waals surface area contributed by atoms with Crippen molar-refractivity contribution >= 4 is 5.91 Å². The van der Waals surface area contributed by atoms with Gasteiger partial charge in [-0.1, -0.05) is 18.2 Å². The minimum atomic E-state index is -0.479. The molecular weight excluding hydrogens is 364 g/mol. The molecular formula is C21H17F2N3O2. The average Bonchev–Trinajstić information content (AvgIpc) is 2.69. The third-order valence-corrected chi connectivity index (χ3v) is 4.76. The van der Waals surface area contributed by atoms with Crippen molar-refractivity contribution in [2.45, 2.75) is 19.4 Å². The molecule has 0 atom stereocenters.